The van der Waals surface area contributed by atoms with Gasteiger partial charge in [-0.2, -0.15) is 11.8 Å². The van der Waals surface area contributed by atoms with Gasteiger partial charge in [0.2, 0.25) is 5.91 Å². The number of alkyl carbamates (subject to hydrolysis) is 1. The van der Waals surface area contributed by atoms with Gasteiger partial charge in [-0.05, 0) is 52.0 Å². The Kier molecular flexibility index (Phi) is 9.30. The smallest absolute Gasteiger partial charge is 0.408 e. The summed E-state index contributed by atoms with van der Waals surface area (Å²) in [6.07, 6.45) is 3.59. The fraction of sp³-hybridized carbons (Fsp3) is 0.636. The van der Waals surface area contributed by atoms with Gasteiger partial charge in [0.05, 0.1) is 0 Å². The number of thioether (sulfide) groups is 1. The third-order valence-corrected chi connectivity index (χ3v) is 5.46. The van der Waals surface area contributed by atoms with E-state index >= 15 is 0 Å². The monoisotopic (exact) mass is 421 g/mol. The number of benzene rings is 1. The number of hydrogen-bond donors (Lipinski definition) is 1. The Labute approximate surface area is 179 Å². The maximum absolute atomic E-state index is 12.9. The molecule has 0 saturated carbocycles. The molecule has 1 aliphatic rings. The molecule has 0 aromatic heterocycles. The zero-order chi connectivity index (χ0) is 21.3. The molecule has 2 rings (SSSR count). The zero-order valence-corrected chi connectivity index (χ0v) is 19.0. The number of piperazine rings is 1. The van der Waals surface area contributed by atoms with Crippen LogP contribution in [0.1, 0.15) is 32.8 Å². The first-order valence-corrected chi connectivity index (χ1v) is 11.7. The van der Waals surface area contributed by atoms with Gasteiger partial charge in [-0.3, -0.25) is 9.69 Å². The highest BCUT2D eigenvalue weighted by molar-refractivity contribution is 7.98. The highest BCUT2D eigenvalue weighted by Crippen LogP contribution is 2.11. The average Bonchev–Trinajstić information content (AvgIpc) is 2.67. The van der Waals surface area contributed by atoms with Crippen molar-refractivity contribution in [3.8, 4) is 0 Å². The average molecular weight is 422 g/mol. The van der Waals surface area contributed by atoms with Gasteiger partial charge in [-0.1, -0.05) is 30.3 Å². The minimum Gasteiger partial charge on any atom is -0.444 e. The van der Waals surface area contributed by atoms with Gasteiger partial charge in [0.15, 0.2) is 0 Å². The molecule has 1 heterocycles. The van der Waals surface area contributed by atoms with E-state index in [2.05, 4.69) is 34.5 Å². The lowest BCUT2D eigenvalue weighted by molar-refractivity contribution is -0.134. The van der Waals surface area contributed by atoms with Crippen LogP contribution in [-0.4, -0.2) is 78.2 Å². The van der Waals surface area contributed by atoms with Crippen molar-refractivity contribution in [1.29, 1.82) is 0 Å². The largest absolute Gasteiger partial charge is 0.444 e. The quantitative estimate of drug-likeness (QED) is 0.699. The van der Waals surface area contributed by atoms with Crippen molar-refractivity contribution in [2.75, 3.05) is 44.7 Å². The van der Waals surface area contributed by atoms with E-state index in [1.54, 1.807) is 11.8 Å². The number of rotatable bonds is 8. The third-order valence-electron chi connectivity index (χ3n) is 4.79. The molecule has 29 heavy (non-hydrogen) atoms. The van der Waals surface area contributed by atoms with E-state index in [0.29, 0.717) is 18.8 Å². The number of carbonyl (C=O) groups is 2. The topological polar surface area (TPSA) is 61.9 Å². The summed E-state index contributed by atoms with van der Waals surface area (Å²) in [5.74, 6) is 0.518. The van der Waals surface area contributed by atoms with Gasteiger partial charge in [-0.25, -0.2) is 4.79 Å². The van der Waals surface area contributed by atoms with Gasteiger partial charge in [0.1, 0.15) is 11.6 Å². The second-order valence-electron chi connectivity index (χ2n) is 8.41. The summed E-state index contributed by atoms with van der Waals surface area (Å²) >= 11 is 1.54. The van der Waals surface area contributed by atoms with Gasteiger partial charge in [0, 0.05) is 31.9 Å². The number of carbonyl (C=O) groups excluding carboxylic acids is 2. The van der Waals surface area contributed by atoms with Crippen LogP contribution in [0.4, 0.5) is 4.79 Å². The minimum absolute atomic E-state index is 0.0193. The number of ether oxygens (including phenoxy) is 1. The zero-order valence-electron chi connectivity index (χ0n) is 18.1. The van der Waals surface area contributed by atoms with Crippen LogP contribution in [0.25, 0.3) is 0 Å². The Balaban J connectivity index is 1.76. The first-order chi connectivity index (χ1) is 13.8. The van der Waals surface area contributed by atoms with Crippen molar-refractivity contribution in [3.05, 3.63) is 35.9 Å². The molecule has 0 unspecified atom stereocenters. The molecular weight excluding hydrogens is 386 g/mol. The summed E-state index contributed by atoms with van der Waals surface area (Å²) in [6.45, 7) is 9.63. The van der Waals surface area contributed by atoms with E-state index in [0.717, 1.165) is 32.5 Å². The minimum atomic E-state index is -0.581. The van der Waals surface area contributed by atoms with Crippen LogP contribution in [0.5, 0.6) is 0 Å². The number of amides is 2. The lowest BCUT2D eigenvalue weighted by Crippen LogP contribution is -2.56. The van der Waals surface area contributed by atoms with E-state index in [1.807, 2.05) is 38.0 Å². The molecule has 0 radical (unpaired) electrons. The summed E-state index contributed by atoms with van der Waals surface area (Å²) in [4.78, 5) is 29.3. The van der Waals surface area contributed by atoms with Crippen LogP contribution < -0.4 is 5.32 Å². The summed E-state index contributed by atoms with van der Waals surface area (Å²) < 4.78 is 5.31. The van der Waals surface area contributed by atoms with Crippen LogP contribution in [0, 0.1) is 0 Å². The second kappa shape index (κ2) is 11.5. The molecule has 1 aromatic carbocycles. The lowest BCUT2D eigenvalue weighted by Gasteiger charge is -2.36. The SMILES string of the molecule is CSC[C@H](NC(=O)OC(C)(C)C)C(=O)N1CCN(CCCc2ccccc2)CC1. The normalized spacial score (nSPS) is 16.3. The van der Waals surface area contributed by atoms with Gasteiger partial charge < -0.3 is 15.0 Å². The Hall–Kier alpha value is -1.73. The molecule has 7 heteroatoms. The predicted octanol–water partition coefficient (Wildman–Crippen LogP) is 3.02. The van der Waals surface area contributed by atoms with Crippen molar-refractivity contribution in [3.63, 3.8) is 0 Å². The molecule has 0 spiro atoms. The van der Waals surface area contributed by atoms with E-state index < -0.39 is 17.7 Å². The maximum atomic E-state index is 12.9. The van der Waals surface area contributed by atoms with Crippen molar-refractivity contribution in [2.45, 2.75) is 45.3 Å². The Morgan fingerprint density at radius 2 is 1.79 bits per heavy atom. The fourth-order valence-corrected chi connectivity index (χ4v) is 3.91. The number of aryl methyl sites for hydroxylation is 1. The molecule has 162 valence electrons. The highest BCUT2D eigenvalue weighted by Gasteiger charge is 2.29. The first kappa shape index (κ1) is 23.5. The number of nitrogens with zero attached hydrogens (tertiary/aromatic N) is 2. The highest BCUT2D eigenvalue weighted by atomic mass is 32.2. The fourth-order valence-electron chi connectivity index (χ4n) is 3.35. The molecule has 0 bridgehead atoms. The van der Waals surface area contributed by atoms with E-state index in [-0.39, 0.29) is 5.91 Å². The Bertz CT molecular complexity index is 640. The molecular formula is C22H35N3O3S. The van der Waals surface area contributed by atoms with Crippen LogP contribution >= 0.6 is 11.8 Å². The summed E-state index contributed by atoms with van der Waals surface area (Å²) in [5, 5.41) is 2.75. The van der Waals surface area contributed by atoms with Gasteiger partial charge >= 0.3 is 6.09 Å². The molecule has 1 fully saturated rings. The number of nitrogens with one attached hydrogen (secondary N) is 1. The third kappa shape index (κ3) is 8.66. The van der Waals surface area contributed by atoms with Gasteiger partial charge in [0.25, 0.3) is 0 Å². The molecule has 6 nitrogen and oxygen atoms in total. The molecule has 1 N–H and O–H groups in total. The van der Waals surface area contributed by atoms with E-state index in [1.165, 1.54) is 5.56 Å². The van der Waals surface area contributed by atoms with Crippen LogP contribution in [0.2, 0.25) is 0 Å². The van der Waals surface area contributed by atoms with E-state index in [9.17, 15) is 9.59 Å². The van der Waals surface area contributed by atoms with Crippen LogP contribution in [-0.2, 0) is 16.0 Å². The van der Waals surface area contributed by atoms with Crippen molar-refractivity contribution >= 4 is 23.8 Å². The lowest BCUT2D eigenvalue weighted by atomic mass is 10.1. The van der Waals surface area contributed by atoms with Crippen molar-refractivity contribution in [1.82, 2.24) is 15.1 Å². The molecule has 1 atom stereocenters. The molecule has 1 aromatic rings. The second-order valence-corrected chi connectivity index (χ2v) is 9.32. The van der Waals surface area contributed by atoms with E-state index in [4.69, 9.17) is 4.74 Å². The molecule has 1 saturated heterocycles. The number of hydrogen-bond acceptors (Lipinski definition) is 5. The van der Waals surface area contributed by atoms with Crippen LogP contribution in [0.3, 0.4) is 0 Å². The standard InChI is InChI=1S/C22H35N3O3S/c1-22(2,3)28-21(27)23-19(17-29-4)20(26)25-15-13-24(14-16-25)12-8-11-18-9-6-5-7-10-18/h5-7,9-10,19H,8,11-17H2,1-4H3,(H,23,27)/t19-/m0/s1. The summed E-state index contributed by atoms with van der Waals surface area (Å²) in [6, 6.07) is 9.98. The predicted molar refractivity (Wildman–Crippen MR) is 119 cm³/mol. The molecule has 1 aliphatic heterocycles. The molecule has 2 amide bonds. The first-order valence-electron chi connectivity index (χ1n) is 10.3. The Morgan fingerprint density at radius 3 is 2.38 bits per heavy atom. The van der Waals surface area contributed by atoms with Crippen molar-refractivity contribution < 1.29 is 14.3 Å². The van der Waals surface area contributed by atoms with Gasteiger partial charge in [-0.15, -0.1) is 0 Å². The van der Waals surface area contributed by atoms with Crippen LogP contribution in [0.15, 0.2) is 30.3 Å². The van der Waals surface area contributed by atoms with Crippen molar-refractivity contribution in [2.24, 2.45) is 0 Å². The summed E-state index contributed by atoms with van der Waals surface area (Å²) in [5.41, 5.74) is 0.789. The Morgan fingerprint density at radius 1 is 1.14 bits per heavy atom. The molecule has 0 aliphatic carbocycles. The summed E-state index contributed by atoms with van der Waals surface area (Å²) in [7, 11) is 0. The maximum Gasteiger partial charge on any atom is 0.408 e.